The average molecular weight is 478 g/mol. The molecular formula is C19H15IN2O3S. The van der Waals surface area contributed by atoms with E-state index < -0.39 is 11.8 Å². The third kappa shape index (κ3) is 3.63. The first kappa shape index (κ1) is 18.5. The van der Waals surface area contributed by atoms with Gasteiger partial charge in [0.25, 0.3) is 11.8 Å². The Bertz CT molecular complexity index is 938. The number of thiocarbonyl (C=S) groups is 1. The molecule has 132 valence electrons. The maximum atomic E-state index is 12.9. The number of rotatable bonds is 3. The van der Waals surface area contributed by atoms with Crippen LogP contribution in [-0.2, 0) is 9.59 Å². The second-order valence-electron chi connectivity index (χ2n) is 5.69. The van der Waals surface area contributed by atoms with Crippen LogP contribution in [-0.4, -0.2) is 24.0 Å². The zero-order valence-electron chi connectivity index (χ0n) is 14.1. The van der Waals surface area contributed by atoms with Gasteiger partial charge in [0.15, 0.2) is 5.11 Å². The van der Waals surface area contributed by atoms with Crippen LogP contribution in [0, 0.1) is 10.5 Å². The van der Waals surface area contributed by atoms with E-state index in [0.29, 0.717) is 5.69 Å². The Morgan fingerprint density at radius 2 is 1.85 bits per heavy atom. The lowest BCUT2D eigenvalue weighted by Gasteiger charge is -2.29. The van der Waals surface area contributed by atoms with Gasteiger partial charge < -0.3 is 4.74 Å². The predicted octanol–water partition coefficient (Wildman–Crippen LogP) is 3.44. The summed E-state index contributed by atoms with van der Waals surface area (Å²) in [4.78, 5) is 26.6. The summed E-state index contributed by atoms with van der Waals surface area (Å²) in [5.41, 5.74) is 2.43. The summed E-state index contributed by atoms with van der Waals surface area (Å²) in [5, 5.41) is 2.66. The molecule has 0 saturated carbocycles. The normalized spacial score (nSPS) is 16.0. The van der Waals surface area contributed by atoms with Crippen LogP contribution < -0.4 is 15.0 Å². The van der Waals surface area contributed by atoms with Gasteiger partial charge in [-0.2, -0.15) is 0 Å². The van der Waals surface area contributed by atoms with E-state index in [1.54, 1.807) is 37.5 Å². The van der Waals surface area contributed by atoms with E-state index in [9.17, 15) is 9.59 Å². The third-order valence-electron chi connectivity index (χ3n) is 3.88. The minimum atomic E-state index is -0.505. The van der Waals surface area contributed by atoms with Crippen molar-refractivity contribution in [1.82, 2.24) is 5.32 Å². The lowest BCUT2D eigenvalue weighted by atomic mass is 10.1. The van der Waals surface area contributed by atoms with Gasteiger partial charge in [-0.15, -0.1) is 0 Å². The molecule has 2 aromatic rings. The number of ether oxygens (including phenoxy) is 1. The molecule has 26 heavy (non-hydrogen) atoms. The molecule has 7 heteroatoms. The molecule has 0 aromatic heterocycles. The van der Waals surface area contributed by atoms with Crippen molar-refractivity contribution in [2.24, 2.45) is 0 Å². The van der Waals surface area contributed by atoms with Crippen molar-refractivity contribution in [3.63, 3.8) is 0 Å². The van der Waals surface area contributed by atoms with Gasteiger partial charge in [0.1, 0.15) is 11.3 Å². The second-order valence-corrected chi connectivity index (χ2v) is 7.24. The van der Waals surface area contributed by atoms with Gasteiger partial charge >= 0.3 is 0 Å². The fourth-order valence-electron chi connectivity index (χ4n) is 2.52. The molecule has 5 nitrogen and oxygen atoms in total. The standard InChI is InChI=1S/C19H15IN2O3S/c1-11-3-6-13(7-4-11)22-18(24)14(17(23)21-19(22)26)9-12-5-8-16(25-2)15(20)10-12/h3-10H,1-2H3,(H,21,23,26)/b14-9+. The van der Waals surface area contributed by atoms with Crippen LogP contribution in [0.1, 0.15) is 11.1 Å². The number of anilines is 1. The molecule has 3 rings (SSSR count). The van der Waals surface area contributed by atoms with Gasteiger partial charge in [0.2, 0.25) is 0 Å². The Balaban J connectivity index is 1.99. The maximum absolute atomic E-state index is 12.9. The maximum Gasteiger partial charge on any atom is 0.270 e. The fourth-order valence-corrected chi connectivity index (χ4v) is 3.57. The zero-order chi connectivity index (χ0) is 18.8. The second kappa shape index (κ2) is 7.55. The number of carbonyl (C=O) groups excluding carboxylic acids is 2. The minimum absolute atomic E-state index is 0.0279. The van der Waals surface area contributed by atoms with E-state index in [-0.39, 0.29) is 10.7 Å². The number of aryl methyl sites for hydroxylation is 1. The molecule has 0 radical (unpaired) electrons. The lowest BCUT2D eigenvalue weighted by Crippen LogP contribution is -2.54. The van der Waals surface area contributed by atoms with Crippen molar-refractivity contribution in [1.29, 1.82) is 0 Å². The summed E-state index contributed by atoms with van der Waals surface area (Å²) >= 11 is 7.34. The highest BCUT2D eigenvalue weighted by atomic mass is 127. The summed E-state index contributed by atoms with van der Waals surface area (Å²) in [6.07, 6.45) is 1.56. The molecule has 0 unspecified atom stereocenters. The molecule has 0 atom stereocenters. The topological polar surface area (TPSA) is 58.6 Å². The molecule has 0 bridgehead atoms. The van der Waals surface area contributed by atoms with Crippen LogP contribution >= 0.6 is 34.8 Å². The highest BCUT2D eigenvalue weighted by molar-refractivity contribution is 14.1. The Morgan fingerprint density at radius 3 is 2.46 bits per heavy atom. The van der Waals surface area contributed by atoms with Gasteiger partial charge in [-0.1, -0.05) is 23.8 Å². The Morgan fingerprint density at radius 1 is 1.15 bits per heavy atom. The summed E-state index contributed by atoms with van der Waals surface area (Å²) in [5.74, 6) is -0.225. The van der Waals surface area contributed by atoms with Crippen molar-refractivity contribution < 1.29 is 14.3 Å². The number of carbonyl (C=O) groups is 2. The smallest absolute Gasteiger partial charge is 0.270 e. The lowest BCUT2D eigenvalue weighted by molar-refractivity contribution is -0.122. The Kier molecular flexibility index (Phi) is 5.38. The number of hydrogen-bond acceptors (Lipinski definition) is 4. The first-order valence-corrected chi connectivity index (χ1v) is 9.21. The number of halogens is 1. The first-order chi connectivity index (χ1) is 12.4. The number of hydrogen-bond donors (Lipinski definition) is 1. The van der Waals surface area contributed by atoms with Gasteiger partial charge in [0.05, 0.1) is 16.4 Å². The quantitative estimate of drug-likeness (QED) is 0.318. The molecule has 0 aliphatic carbocycles. The van der Waals surface area contributed by atoms with E-state index in [2.05, 4.69) is 27.9 Å². The SMILES string of the molecule is COc1ccc(/C=C2\C(=O)NC(=S)N(c3ccc(C)cc3)C2=O)cc1I. The molecule has 1 saturated heterocycles. The summed E-state index contributed by atoms with van der Waals surface area (Å²) in [7, 11) is 1.59. The van der Waals surface area contributed by atoms with Crippen molar-refractivity contribution in [2.75, 3.05) is 12.0 Å². The highest BCUT2D eigenvalue weighted by Crippen LogP contribution is 2.25. The van der Waals surface area contributed by atoms with Crippen LogP contribution in [0.4, 0.5) is 5.69 Å². The van der Waals surface area contributed by atoms with E-state index in [1.807, 2.05) is 25.1 Å². The minimum Gasteiger partial charge on any atom is -0.496 e. The number of nitrogens with zero attached hydrogens (tertiary/aromatic N) is 1. The number of methoxy groups -OCH3 is 1. The van der Waals surface area contributed by atoms with Crippen LogP contribution in [0.5, 0.6) is 5.75 Å². The first-order valence-electron chi connectivity index (χ1n) is 7.72. The number of amides is 2. The molecule has 2 amide bonds. The Labute approximate surface area is 170 Å². The van der Waals surface area contributed by atoms with Gasteiger partial charge in [-0.05, 0) is 77.6 Å². The summed E-state index contributed by atoms with van der Waals surface area (Å²) in [6.45, 7) is 1.96. The van der Waals surface area contributed by atoms with Crippen LogP contribution in [0.3, 0.4) is 0 Å². The number of nitrogens with one attached hydrogen (secondary N) is 1. The molecule has 1 fully saturated rings. The highest BCUT2D eigenvalue weighted by Gasteiger charge is 2.34. The van der Waals surface area contributed by atoms with E-state index >= 15 is 0 Å². The van der Waals surface area contributed by atoms with Gasteiger partial charge in [-0.25, -0.2) is 0 Å². The molecule has 1 heterocycles. The zero-order valence-corrected chi connectivity index (χ0v) is 17.1. The van der Waals surface area contributed by atoms with Gasteiger partial charge in [0, 0.05) is 0 Å². The van der Waals surface area contributed by atoms with Crippen molar-refractivity contribution in [3.8, 4) is 5.75 Å². The van der Waals surface area contributed by atoms with Crippen LogP contribution in [0.25, 0.3) is 6.08 Å². The molecule has 2 aromatic carbocycles. The van der Waals surface area contributed by atoms with Crippen molar-refractivity contribution in [2.45, 2.75) is 6.92 Å². The molecule has 1 aliphatic heterocycles. The van der Waals surface area contributed by atoms with Crippen molar-refractivity contribution >= 4 is 63.5 Å². The largest absolute Gasteiger partial charge is 0.496 e. The molecule has 1 N–H and O–H groups in total. The summed E-state index contributed by atoms with van der Waals surface area (Å²) in [6, 6.07) is 12.8. The van der Waals surface area contributed by atoms with E-state index in [0.717, 1.165) is 20.4 Å². The molecule has 1 aliphatic rings. The fraction of sp³-hybridized carbons (Fsp3) is 0.105. The van der Waals surface area contributed by atoms with E-state index in [1.165, 1.54) is 4.90 Å². The average Bonchev–Trinajstić information content (AvgIpc) is 2.60. The third-order valence-corrected chi connectivity index (χ3v) is 5.01. The van der Waals surface area contributed by atoms with Crippen LogP contribution in [0.15, 0.2) is 48.0 Å². The molecular weight excluding hydrogens is 463 g/mol. The predicted molar refractivity (Wildman–Crippen MR) is 113 cm³/mol. The van der Waals surface area contributed by atoms with Gasteiger partial charge in [-0.3, -0.25) is 19.8 Å². The van der Waals surface area contributed by atoms with Crippen LogP contribution in [0.2, 0.25) is 0 Å². The van der Waals surface area contributed by atoms with E-state index in [4.69, 9.17) is 17.0 Å². The molecule has 0 spiro atoms. The monoisotopic (exact) mass is 478 g/mol. The summed E-state index contributed by atoms with van der Waals surface area (Å²) < 4.78 is 6.11. The number of benzene rings is 2. The van der Waals surface area contributed by atoms with Crippen molar-refractivity contribution in [3.05, 3.63) is 62.7 Å². The Hall–Kier alpha value is -2.26.